The second kappa shape index (κ2) is 6.60. The fourth-order valence-electron chi connectivity index (χ4n) is 2.40. The lowest BCUT2D eigenvalue weighted by Gasteiger charge is -2.26. The van der Waals surface area contributed by atoms with Crippen molar-refractivity contribution in [2.45, 2.75) is 6.10 Å². The van der Waals surface area contributed by atoms with Crippen LogP contribution in [0.1, 0.15) is 10.4 Å². The minimum Gasteiger partial charge on any atom is -0.486 e. The third-order valence-corrected chi connectivity index (χ3v) is 3.68. The van der Waals surface area contributed by atoms with Crippen molar-refractivity contribution >= 4 is 11.6 Å². The summed E-state index contributed by atoms with van der Waals surface area (Å²) in [6, 6.07) is 15.0. The van der Waals surface area contributed by atoms with Gasteiger partial charge in [0.2, 0.25) is 0 Å². The normalized spacial score (nSPS) is 15.8. The van der Waals surface area contributed by atoms with E-state index in [9.17, 15) is 4.79 Å². The number of rotatable bonds is 4. The minimum atomic E-state index is -0.189. The third kappa shape index (κ3) is 3.56. The number of benzene rings is 2. The van der Waals surface area contributed by atoms with Crippen molar-refractivity contribution in [2.75, 3.05) is 32.1 Å². The van der Waals surface area contributed by atoms with E-state index in [0.717, 1.165) is 11.4 Å². The quantitative estimate of drug-likeness (QED) is 0.941. The molecule has 1 amide bonds. The van der Waals surface area contributed by atoms with Crippen LogP contribution in [0.15, 0.2) is 48.5 Å². The van der Waals surface area contributed by atoms with E-state index in [2.05, 4.69) is 5.32 Å². The molecular weight excluding hydrogens is 292 g/mol. The number of fused-ring (bicyclic) bond motifs is 1. The van der Waals surface area contributed by atoms with Crippen LogP contribution in [0.3, 0.4) is 0 Å². The van der Waals surface area contributed by atoms with E-state index in [4.69, 9.17) is 9.47 Å². The van der Waals surface area contributed by atoms with E-state index in [-0.39, 0.29) is 12.0 Å². The lowest BCUT2D eigenvalue weighted by atomic mass is 10.1. The molecule has 1 atom stereocenters. The molecule has 0 radical (unpaired) electrons. The van der Waals surface area contributed by atoms with Crippen LogP contribution in [-0.4, -0.2) is 39.3 Å². The highest BCUT2D eigenvalue weighted by molar-refractivity contribution is 5.95. The van der Waals surface area contributed by atoms with Gasteiger partial charge >= 0.3 is 0 Å². The molecule has 120 valence electrons. The van der Waals surface area contributed by atoms with Gasteiger partial charge in [0.15, 0.2) is 11.5 Å². The average Bonchev–Trinajstić information content (AvgIpc) is 2.59. The molecule has 23 heavy (non-hydrogen) atoms. The van der Waals surface area contributed by atoms with Crippen LogP contribution < -0.4 is 19.7 Å². The van der Waals surface area contributed by atoms with Crippen LogP contribution in [0.2, 0.25) is 0 Å². The van der Waals surface area contributed by atoms with Gasteiger partial charge in [-0.15, -0.1) is 0 Å². The number of anilines is 1. The number of para-hydroxylation sites is 2. The Hall–Kier alpha value is -2.69. The molecule has 1 aliphatic rings. The second-order valence-electron chi connectivity index (χ2n) is 5.65. The molecule has 0 bridgehead atoms. The molecule has 0 spiro atoms. The predicted octanol–water partition coefficient (Wildman–Crippen LogP) is 2.32. The number of nitrogens with zero attached hydrogens (tertiary/aromatic N) is 1. The fraction of sp³-hybridized carbons (Fsp3) is 0.278. The molecule has 0 aromatic heterocycles. The van der Waals surface area contributed by atoms with Crippen LogP contribution >= 0.6 is 0 Å². The van der Waals surface area contributed by atoms with Crippen molar-refractivity contribution in [3.63, 3.8) is 0 Å². The summed E-state index contributed by atoms with van der Waals surface area (Å²) < 4.78 is 11.5. The first kappa shape index (κ1) is 15.2. The lowest BCUT2D eigenvalue weighted by Crippen LogP contribution is -2.40. The molecule has 0 aliphatic carbocycles. The van der Waals surface area contributed by atoms with Crippen molar-refractivity contribution in [3.8, 4) is 11.5 Å². The summed E-state index contributed by atoms with van der Waals surface area (Å²) in [5, 5.41) is 2.90. The third-order valence-electron chi connectivity index (χ3n) is 3.68. The van der Waals surface area contributed by atoms with Gasteiger partial charge in [-0.3, -0.25) is 4.79 Å². The van der Waals surface area contributed by atoms with Crippen LogP contribution in [0.4, 0.5) is 5.69 Å². The second-order valence-corrected chi connectivity index (χ2v) is 5.65. The maximum Gasteiger partial charge on any atom is 0.251 e. The molecule has 5 heteroatoms. The zero-order chi connectivity index (χ0) is 16.2. The number of carbonyl (C=O) groups is 1. The van der Waals surface area contributed by atoms with E-state index in [0.29, 0.717) is 24.5 Å². The van der Waals surface area contributed by atoms with Gasteiger partial charge in [0.05, 0.1) is 6.54 Å². The van der Waals surface area contributed by atoms with E-state index in [1.54, 1.807) is 6.07 Å². The number of ether oxygens (including phenoxy) is 2. The van der Waals surface area contributed by atoms with Crippen LogP contribution in [-0.2, 0) is 0 Å². The predicted molar refractivity (Wildman–Crippen MR) is 89.5 cm³/mol. The zero-order valence-corrected chi connectivity index (χ0v) is 13.3. The minimum absolute atomic E-state index is 0.115. The van der Waals surface area contributed by atoms with Gasteiger partial charge < -0.3 is 19.7 Å². The van der Waals surface area contributed by atoms with E-state index >= 15 is 0 Å². The molecule has 2 aromatic rings. The van der Waals surface area contributed by atoms with Gasteiger partial charge in [0.25, 0.3) is 5.91 Å². The van der Waals surface area contributed by atoms with Gasteiger partial charge in [-0.1, -0.05) is 18.2 Å². The first-order valence-corrected chi connectivity index (χ1v) is 7.57. The van der Waals surface area contributed by atoms with Gasteiger partial charge in [0.1, 0.15) is 12.7 Å². The molecule has 1 aliphatic heterocycles. The summed E-state index contributed by atoms with van der Waals surface area (Å²) in [6.07, 6.45) is -0.189. The Balaban J connectivity index is 1.59. The molecule has 0 saturated carbocycles. The van der Waals surface area contributed by atoms with Gasteiger partial charge in [-0.05, 0) is 30.3 Å². The van der Waals surface area contributed by atoms with E-state index in [1.165, 1.54) is 0 Å². The smallest absolute Gasteiger partial charge is 0.251 e. The van der Waals surface area contributed by atoms with Crippen molar-refractivity contribution in [1.82, 2.24) is 5.32 Å². The molecule has 0 saturated heterocycles. The highest BCUT2D eigenvalue weighted by Crippen LogP contribution is 2.30. The van der Waals surface area contributed by atoms with Gasteiger partial charge in [-0.2, -0.15) is 0 Å². The average molecular weight is 312 g/mol. The van der Waals surface area contributed by atoms with E-state index in [1.807, 2.05) is 61.5 Å². The fourth-order valence-corrected chi connectivity index (χ4v) is 2.40. The number of carbonyl (C=O) groups excluding carboxylic acids is 1. The molecule has 3 rings (SSSR count). The molecule has 0 fully saturated rings. The topological polar surface area (TPSA) is 50.8 Å². The summed E-state index contributed by atoms with van der Waals surface area (Å²) >= 11 is 0. The van der Waals surface area contributed by atoms with Crippen LogP contribution in [0.25, 0.3) is 0 Å². The summed E-state index contributed by atoms with van der Waals surface area (Å²) in [7, 11) is 3.89. The first-order chi connectivity index (χ1) is 11.1. The van der Waals surface area contributed by atoms with Gasteiger partial charge in [-0.25, -0.2) is 0 Å². The molecule has 0 unspecified atom stereocenters. The Morgan fingerprint density at radius 1 is 1.17 bits per heavy atom. The Bertz CT molecular complexity index is 700. The highest BCUT2D eigenvalue weighted by Gasteiger charge is 2.21. The summed E-state index contributed by atoms with van der Waals surface area (Å²) in [5.74, 6) is 1.34. The summed E-state index contributed by atoms with van der Waals surface area (Å²) in [5.41, 5.74) is 1.62. The lowest BCUT2D eigenvalue weighted by molar-refractivity contribution is 0.0789. The van der Waals surface area contributed by atoms with Gasteiger partial charge in [0, 0.05) is 25.3 Å². The van der Waals surface area contributed by atoms with Crippen molar-refractivity contribution < 1.29 is 14.3 Å². The van der Waals surface area contributed by atoms with Crippen molar-refractivity contribution in [1.29, 1.82) is 0 Å². The van der Waals surface area contributed by atoms with Crippen molar-refractivity contribution in [2.24, 2.45) is 0 Å². The molecule has 1 N–H and O–H groups in total. The standard InChI is InChI=1S/C18H20N2O3/c1-20(2)14-7-5-6-13(10-14)18(21)19-11-15-12-22-16-8-3-4-9-17(16)23-15/h3-10,15H,11-12H2,1-2H3,(H,19,21)/t15-/m1/s1. The number of amides is 1. The Morgan fingerprint density at radius 3 is 2.74 bits per heavy atom. The number of hydrogen-bond acceptors (Lipinski definition) is 4. The molecule has 5 nitrogen and oxygen atoms in total. The molecule has 1 heterocycles. The van der Waals surface area contributed by atoms with Crippen LogP contribution in [0.5, 0.6) is 11.5 Å². The number of nitrogens with one attached hydrogen (secondary N) is 1. The van der Waals surface area contributed by atoms with Crippen LogP contribution in [0, 0.1) is 0 Å². The monoisotopic (exact) mass is 312 g/mol. The summed E-state index contributed by atoms with van der Waals surface area (Å²) in [6.45, 7) is 0.828. The first-order valence-electron chi connectivity index (χ1n) is 7.57. The molecule has 2 aromatic carbocycles. The Morgan fingerprint density at radius 2 is 1.96 bits per heavy atom. The van der Waals surface area contributed by atoms with E-state index < -0.39 is 0 Å². The Kier molecular flexibility index (Phi) is 4.37. The van der Waals surface area contributed by atoms with Crippen molar-refractivity contribution in [3.05, 3.63) is 54.1 Å². The maximum absolute atomic E-state index is 12.3. The Labute approximate surface area is 135 Å². The molecular formula is C18H20N2O3. The number of hydrogen-bond donors (Lipinski definition) is 1. The largest absolute Gasteiger partial charge is 0.486 e. The maximum atomic E-state index is 12.3. The highest BCUT2D eigenvalue weighted by atomic mass is 16.6. The zero-order valence-electron chi connectivity index (χ0n) is 13.3. The SMILES string of the molecule is CN(C)c1cccc(C(=O)NC[C@@H]2COc3ccccc3O2)c1. The summed E-state index contributed by atoms with van der Waals surface area (Å²) in [4.78, 5) is 14.2.